The fourth-order valence-corrected chi connectivity index (χ4v) is 3.62. The number of hydrogen-bond donors (Lipinski definition) is 1. The summed E-state index contributed by atoms with van der Waals surface area (Å²) >= 11 is 0. The van der Waals surface area contributed by atoms with Gasteiger partial charge in [-0.05, 0) is 25.7 Å². The summed E-state index contributed by atoms with van der Waals surface area (Å²) in [6.45, 7) is 1.47. The van der Waals surface area contributed by atoms with Gasteiger partial charge in [-0.3, -0.25) is 0 Å². The van der Waals surface area contributed by atoms with Crippen LogP contribution in [-0.2, 0) is 13.6 Å². The number of likely N-dealkylation sites (tertiary alicyclic amines) is 1. The minimum atomic E-state index is 0.0978. The molecule has 5 nitrogen and oxygen atoms in total. The highest BCUT2D eigenvalue weighted by molar-refractivity contribution is 5.75. The molecule has 5 heteroatoms. The molecule has 104 valence electrons. The molecule has 3 rings (SSSR count). The standard InChI is InChI=1S/C14H22N4O/c1-17-11-15-9-12(17)10-16-13(19)18-8-4-7-14(18)5-2-3-6-14/h9,11H,2-8,10H2,1H3,(H,16,19). The predicted octanol–water partition coefficient (Wildman–Crippen LogP) is 2.04. The van der Waals surface area contributed by atoms with Crippen LogP contribution in [0.3, 0.4) is 0 Å². The maximum Gasteiger partial charge on any atom is 0.318 e. The number of imidazole rings is 1. The van der Waals surface area contributed by atoms with Gasteiger partial charge in [0.2, 0.25) is 0 Å². The molecule has 1 saturated heterocycles. The lowest BCUT2D eigenvalue weighted by Gasteiger charge is -2.35. The van der Waals surface area contributed by atoms with E-state index in [9.17, 15) is 4.79 Å². The van der Waals surface area contributed by atoms with Crippen LogP contribution in [0.5, 0.6) is 0 Å². The van der Waals surface area contributed by atoms with Crippen molar-refractivity contribution >= 4 is 6.03 Å². The topological polar surface area (TPSA) is 50.2 Å². The number of nitrogens with zero attached hydrogens (tertiary/aromatic N) is 3. The number of urea groups is 1. The molecule has 1 spiro atoms. The molecule has 0 aromatic carbocycles. The van der Waals surface area contributed by atoms with E-state index in [4.69, 9.17) is 0 Å². The lowest BCUT2D eigenvalue weighted by molar-refractivity contribution is 0.148. The second kappa shape index (κ2) is 4.87. The normalized spacial score (nSPS) is 21.2. The van der Waals surface area contributed by atoms with Crippen molar-refractivity contribution in [3.8, 4) is 0 Å². The predicted molar refractivity (Wildman–Crippen MR) is 72.6 cm³/mol. The van der Waals surface area contributed by atoms with Gasteiger partial charge in [0.1, 0.15) is 0 Å². The van der Waals surface area contributed by atoms with Crippen LogP contribution in [0.2, 0.25) is 0 Å². The fourth-order valence-electron chi connectivity index (χ4n) is 3.62. The molecule has 2 heterocycles. The van der Waals surface area contributed by atoms with E-state index >= 15 is 0 Å². The molecule has 0 bridgehead atoms. The van der Waals surface area contributed by atoms with E-state index in [-0.39, 0.29) is 11.6 Å². The SMILES string of the molecule is Cn1cncc1CNC(=O)N1CCCC12CCCC2. The van der Waals surface area contributed by atoms with Gasteiger partial charge < -0.3 is 14.8 Å². The quantitative estimate of drug-likeness (QED) is 0.886. The van der Waals surface area contributed by atoms with Crippen LogP contribution >= 0.6 is 0 Å². The van der Waals surface area contributed by atoms with E-state index in [0.717, 1.165) is 18.7 Å². The Labute approximate surface area is 114 Å². The Morgan fingerprint density at radius 3 is 2.79 bits per heavy atom. The zero-order chi connectivity index (χ0) is 13.3. The molecule has 2 aliphatic rings. The highest BCUT2D eigenvalue weighted by atomic mass is 16.2. The van der Waals surface area contributed by atoms with Crippen LogP contribution in [0, 0.1) is 0 Å². The third kappa shape index (κ3) is 2.22. The van der Waals surface area contributed by atoms with Crippen LogP contribution in [0.4, 0.5) is 4.79 Å². The van der Waals surface area contributed by atoms with E-state index in [1.165, 1.54) is 32.1 Å². The molecule has 0 radical (unpaired) electrons. The minimum absolute atomic E-state index is 0.0978. The zero-order valence-corrected chi connectivity index (χ0v) is 11.6. The average molecular weight is 262 g/mol. The van der Waals surface area contributed by atoms with Gasteiger partial charge in [0.25, 0.3) is 0 Å². The van der Waals surface area contributed by atoms with Crippen LogP contribution < -0.4 is 5.32 Å². The number of amides is 2. The number of hydrogen-bond acceptors (Lipinski definition) is 2. The fraction of sp³-hybridized carbons (Fsp3) is 0.714. The molecule has 19 heavy (non-hydrogen) atoms. The number of aromatic nitrogens is 2. The maximum absolute atomic E-state index is 12.4. The van der Waals surface area contributed by atoms with Crippen LogP contribution in [0.1, 0.15) is 44.2 Å². The maximum atomic E-state index is 12.4. The number of aryl methyl sites for hydroxylation is 1. The molecular formula is C14H22N4O. The molecular weight excluding hydrogens is 240 g/mol. The largest absolute Gasteiger partial charge is 0.336 e. The Balaban J connectivity index is 1.62. The summed E-state index contributed by atoms with van der Waals surface area (Å²) in [5.41, 5.74) is 1.21. The molecule has 2 amide bonds. The van der Waals surface area contributed by atoms with Crippen molar-refractivity contribution in [2.45, 2.75) is 50.6 Å². The summed E-state index contributed by atoms with van der Waals surface area (Å²) in [5, 5.41) is 3.05. The Hall–Kier alpha value is -1.52. The summed E-state index contributed by atoms with van der Waals surface area (Å²) in [6.07, 6.45) is 10.8. The van der Waals surface area contributed by atoms with E-state index < -0.39 is 0 Å². The van der Waals surface area contributed by atoms with Crippen molar-refractivity contribution < 1.29 is 4.79 Å². The summed E-state index contributed by atoms with van der Waals surface area (Å²) in [5.74, 6) is 0. The number of nitrogens with one attached hydrogen (secondary N) is 1. The van der Waals surface area contributed by atoms with Crippen molar-refractivity contribution in [2.24, 2.45) is 7.05 Å². The molecule has 1 aromatic heterocycles. The highest BCUT2D eigenvalue weighted by Gasteiger charge is 2.45. The average Bonchev–Trinajstić information content (AvgIpc) is 3.11. The number of rotatable bonds is 2. The van der Waals surface area contributed by atoms with Gasteiger partial charge in [0.05, 0.1) is 18.6 Å². The molecule has 2 fully saturated rings. The van der Waals surface area contributed by atoms with Crippen LogP contribution in [-0.4, -0.2) is 32.6 Å². The summed E-state index contributed by atoms with van der Waals surface area (Å²) < 4.78 is 1.94. The molecule has 0 atom stereocenters. The van der Waals surface area contributed by atoms with Gasteiger partial charge in [-0.25, -0.2) is 9.78 Å². The third-order valence-electron chi connectivity index (χ3n) is 4.71. The van der Waals surface area contributed by atoms with E-state index in [1.54, 1.807) is 12.5 Å². The molecule has 1 aliphatic carbocycles. The van der Waals surface area contributed by atoms with Gasteiger partial charge >= 0.3 is 6.03 Å². The molecule has 1 saturated carbocycles. The first-order chi connectivity index (χ1) is 9.21. The first kappa shape index (κ1) is 12.5. The monoisotopic (exact) mass is 262 g/mol. The van der Waals surface area contributed by atoms with Crippen molar-refractivity contribution in [2.75, 3.05) is 6.54 Å². The Bertz CT molecular complexity index is 456. The smallest absolute Gasteiger partial charge is 0.318 e. The number of carbonyl (C=O) groups excluding carboxylic acids is 1. The minimum Gasteiger partial charge on any atom is -0.336 e. The van der Waals surface area contributed by atoms with E-state index in [0.29, 0.717) is 6.54 Å². The molecule has 0 unspecified atom stereocenters. The second-order valence-electron chi connectivity index (χ2n) is 5.84. The Kier molecular flexibility index (Phi) is 3.21. The summed E-state index contributed by atoms with van der Waals surface area (Å²) in [6, 6.07) is 0.0978. The lowest BCUT2D eigenvalue weighted by atomic mass is 9.94. The zero-order valence-electron chi connectivity index (χ0n) is 11.6. The van der Waals surface area contributed by atoms with E-state index in [2.05, 4.69) is 15.2 Å². The van der Waals surface area contributed by atoms with Gasteiger partial charge in [-0.1, -0.05) is 12.8 Å². The first-order valence-electron chi connectivity index (χ1n) is 7.22. The van der Waals surface area contributed by atoms with Gasteiger partial charge in [-0.15, -0.1) is 0 Å². The van der Waals surface area contributed by atoms with E-state index in [1.807, 2.05) is 11.6 Å². The van der Waals surface area contributed by atoms with Crippen molar-refractivity contribution in [3.05, 3.63) is 18.2 Å². The van der Waals surface area contributed by atoms with Gasteiger partial charge in [0, 0.05) is 25.3 Å². The van der Waals surface area contributed by atoms with Crippen LogP contribution in [0.15, 0.2) is 12.5 Å². The van der Waals surface area contributed by atoms with Crippen molar-refractivity contribution in [1.82, 2.24) is 19.8 Å². The van der Waals surface area contributed by atoms with Gasteiger partial charge in [-0.2, -0.15) is 0 Å². The second-order valence-corrected chi connectivity index (χ2v) is 5.84. The highest BCUT2D eigenvalue weighted by Crippen LogP contribution is 2.42. The number of carbonyl (C=O) groups is 1. The molecule has 1 N–H and O–H groups in total. The molecule has 1 aromatic rings. The van der Waals surface area contributed by atoms with Gasteiger partial charge in [0.15, 0.2) is 0 Å². The summed E-state index contributed by atoms with van der Waals surface area (Å²) in [7, 11) is 1.95. The van der Waals surface area contributed by atoms with Crippen molar-refractivity contribution in [1.29, 1.82) is 0 Å². The van der Waals surface area contributed by atoms with Crippen molar-refractivity contribution in [3.63, 3.8) is 0 Å². The van der Waals surface area contributed by atoms with Crippen LogP contribution in [0.25, 0.3) is 0 Å². The third-order valence-corrected chi connectivity index (χ3v) is 4.71. The molecule has 1 aliphatic heterocycles. The first-order valence-corrected chi connectivity index (χ1v) is 7.22. The Morgan fingerprint density at radius 1 is 1.37 bits per heavy atom. The lowest BCUT2D eigenvalue weighted by Crippen LogP contribution is -2.49. The summed E-state index contributed by atoms with van der Waals surface area (Å²) in [4.78, 5) is 18.6. The Morgan fingerprint density at radius 2 is 2.11 bits per heavy atom.